The highest BCUT2D eigenvalue weighted by Crippen LogP contribution is 2.43. The van der Waals surface area contributed by atoms with Crippen molar-refractivity contribution in [2.24, 2.45) is 0 Å². The summed E-state index contributed by atoms with van der Waals surface area (Å²) in [7, 11) is 0. The maximum Gasteiger partial charge on any atom is 0.127 e. The summed E-state index contributed by atoms with van der Waals surface area (Å²) < 4.78 is 0. The van der Waals surface area contributed by atoms with Crippen LogP contribution in [0.2, 0.25) is 0 Å². The van der Waals surface area contributed by atoms with Gasteiger partial charge in [0.1, 0.15) is 11.5 Å². The van der Waals surface area contributed by atoms with E-state index in [-0.39, 0.29) is 24.0 Å². The molecule has 0 radical (unpaired) electrons. The Morgan fingerprint density at radius 1 is 1.14 bits per heavy atom. The first-order chi connectivity index (χ1) is 13.9. The Balaban J connectivity index is 0.000000941. The molecule has 0 saturated carbocycles. The molecule has 3 rings (SSSR count). The van der Waals surface area contributed by atoms with Crippen molar-refractivity contribution in [3.63, 3.8) is 0 Å². The van der Waals surface area contributed by atoms with Gasteiger partial charge in [0, 0.05) is 56.3 Å². The smallest absolute Gasteiger partial charge is 0.127 e. The third kappa shape index (κ3) is 6.33. The standard InChI is InChI=1S/C21H32N2O3.C3H6/c1-15-4-3-5-17(12-15)20-19(25)13-16(2)18(21(20)26)14-23-8-6-22(7-9-23)10-11-24;1-3-2/h12-13,17,24-26H,3-11,14H2,1-2H3;3H,1H2,2H3. The fourth-order valence-electron chi connectivity index (χ4n) is 4.28. The van der Waals surface area contributed by atoms with E-state index >= 15 is 0 Å². The summed E-state index contributed by atoms with van der Waals surface area (Å²) in [6, 6.07) is 1.81. The van der Waals surface area contributed by atoms with Gasteiger partial charge in [0.25, 0.3) is 0 Å². The van der Waals surface area contributed by atoms with Crippen LogP contribution in [0, 0.1) is 6.92 Å². The van der Waals surface area contributed by atoms with Gasteiger partial charge in [0.15, 0.2) is 0 Å². The number of phenolic OH excluding ortho intramolecular Hbond substituents is 2. The molecule has 1 saturated heterocycles. The summed E-state index contributed by atoms with van der Waals surface area (Å²) in [5, 5.41) is 30.6. The lowest BCUT2D eigenvalue weighted by atomic mass is 9.83. The Morgan fingerprint density at radius 3 is 2.34 bits per heavy atom. The Labute approximate surface area is 176 Å². The highest BCUT2D eigenvalue weighted by atomic mass is 16.3. The van der Waals surface area contributed by atoms with Crippen LogP contribution < -0.4 is 0 Å². The lowest BCUT2D eigenvalue weighted by Crippen LogP contribution is -2.46. The van der Waals surface area contributed by atoms with Gasteiger partial charge in [-0.25, -0.2) is 0 Å². The Kier molecular flexibility index (Phi) is 9.21. The minimum atomic E-state index is 0.101. The monoisotopic (exact) mass is 402 g/mol. The van der Waals surface area contributed by atoms with Crippen molar-refractivity contribution in [2.45, 2.75) is 52.5 Å². The number of β-amino-alcohol motifs (C(OH)–C–C–N with tert-alkyl or cyclic N) is 1. The summed E-state index contributed by atoms with van der Waals surface area (Å²) in [4.78, 5) is 4.61. The number of hydrogen-bond acceptors (Lipinski definition) is 5. The lowest BCUT2D eigenvalue weighted by molar-refractivity contribution is 0.108. The highest BCUT2D eigenvalue weighted by Gasteiger charge is 2.25. The van der Waals surface area contributed by atoms with Crippen molar-refractivity contribution in [3.8, 4) is 11.5 Å². The number of allylic oxidation sites excluding steroid dienone is 3. The molecule has 3 N–H and O–H groups in total. The molecule has 0 bridgehead atoms. The first kappa shape index (κ1) is 23.5. The Hall–Kier alpha value is -1.82. The molecule has 29 heavy (non-hydrogen) atoms. The number of aromatic hydroxyl groups is 2. The fraction of sp³-hybridized carbons (Fsp3) is 0.583. The molecule has 0 spiro atoms. The average molecular weight is 403 g/mol. The van der Waals surface area contributed by atoms with E-state index in [0.29, 0.717) is 12.1 Å². The molecule has 1 fully saturated rings. The van der Waals surface area contributed by atoms with E-state index in [0.717, 1.165) is 63.1 Å². The van der Waals surface area contributed by atoms with Gasteiger partial charge < -0.3 is 15.3 Å². The van der Waals surface area contributed by atoms with Crippen molar-refractivity contribution < 1.29 is 15.3 Å². The van der Waals surface area contributed by atoms with E-state index in [2.05, 4.69) is 29.4 Å². The van der Waals surface area contributed by atoms with Crippen LogP contribution in [-0.4, -0.2) is 64.5 Å². The lowest BCUT2D eigenvalue weighted by Gasteiger charge is -2.35. The van der Waals surface area contributed by atoms with Gasteiger partial charge in [-0.05, 0) is 51.7 Å². The zero-order valence-corrected chi connectivity index (χ0v) is 18.3. The van der Waals surface area contributed by atoms with Crippen LogP contribution in [0.4, 0.5) is 0 Å². The number of rotatable bonds is 5. The van der Waals surface area contributed by atoms with Crippen molar-refractivity contribution in [1.82, 2.24) is 9.80 Å². The zero-order valence-electron chi connectivity index (χ0n) is 18.3. The number of hydrogen-bond donors (Lipinski definition) is 3. The van der Waals surface area contributed by atoms with E-state index in [9.17, 15) is 10.2 Å². The van der Waals surface area contributed by atoms with Gasteiger partial charge in [0.2, 0.25) is 0 Å². The molecule has 1 heterocycles. The minimum absolute atomic E-state index is 0.101. The Morgan fingerprint density at radius 2 is 1.76 bits per heavy atom. The number of nitrogens with zero attached hydrogens (tertiary/aromatic N) is 2. The van der Waals surface area contributed by atoms with Crippen LogP contribution in [-0.2, 0) is 6.54 Å². The number of benzene rings is 1. The molecule has 1 aliphatic carbocycles. The third-order valence-electron chi connectivity index (χ3n) is 5.85. The maximum absolute atomic E-state index is 11.0. The van der Waals surface area contributed by atoms with Gasteiger partial charge in [-0.1, -0.05) is 17.7 Å². The first-order valence-corrected chi connectivity index (χ1v) is 10.7. The number of phenols is 2. The van der Waals surface area contributed by atoms with E-state index in [1.54, 1.807) is 6.08 Å². The fourth-order valence-corrected chi connectivity index (χ4v) is 4.28. The molecule has 1 aromatic carbocycles. The second-order valence-corrected chi connectivity index (χ2v) is 8.21. The summed E-state index contributed by atoms with van der Waals surface area (Å²) in [6.07, 6.45) is 7.13. The number of piperazine rings is 1. The maximum atomic E-state index is 11.0. The molecule has 1 aromatic rings. The SMILES string of the molecule is C=CC.CC1=CC(c2c(O)cc(C)c(CN3CCN(CCO)CC3)c2O)CCC1. The normalized spacial score (nSPS) is 20.6. The predicted molar refractivity (Wildman–Crippen MR) is 120 cm³/mol. The van der Waals surface area contributed by atoms with Crippen LogP contribution >= 0.6 is 0 Å². The Bertz CT molecular complexity index is 707. The van der Waals surface area contributed by atoms with Gasteiger partial charge in [-0.15, -0.1) is 6.58 Å². The van der Waals surface area contributed by atoms with Gasteiger partial charge in [-0.3, -0.25) is 9.80 Å². The van der Waals surface area contributed by atoms with Crippen LogP contribution in [0.5, 0.6) is 11.5 Å². The van der Waals surface area contributed by atoms with Crippen molar-refractivity contribution in [1.29, 1.82) is 0 Å². The second-order valence-electron chi connectivity index (χ2n) is 8.21. The van der Waals surface area contributed by atoms with E-state index in [1.807, 2.05) is 19.9 Å². The summed E-state index contributed by atoms with van der Waals surface area (Å²) in [5.41, 5.74) is 3.91. The first-order valence-electron chi connectivity index (χ1n) is 10.7. The molecule has 1 atom stereocenters. The zero-order chi connectivity index (χ0) is 21.4. The van der Waals surface area contributed by atoms with Gasteiger partial charge in [0.05, 0.1) is 6.61 Å². The quantitative estimate of drug-likeness (QED) is 0.652. The number of aliphatic hydroxyl groups is 1. The van der Waals surface area contributed by atoms with Crippen molar-refractivity contribution >= 4 is 0 Å². The molecule has 0 aromatic heterocycles. The largest absolute Gasteiger partial charge is 0.507 e. The number of aliphatic hydroxyl groups excluding tert-OH is 1. The van der Waals surface area contributed by atoms with E-state index in [4.69, 9.17) is 5.11 Å². The number of aryl methyl sites for hydroxylation is 1. The molecule has 5 heteroatoms. The minimum Gasteiger partial charge on any atom is -0.507 e. The van der Waals surface area contributed by atoms with E-state index < -0.39 is 0 Å². The molecular weight excluding hydrogens is 364 g/mol. The third-order valence-corrected chi connectivity index (χ3v) is 5.85. The van der Waals surface area contributed by atoms with Crippen LogP contribution in [0.15, 0.2) is 30.4 Å². The highest BCUT2D eigenvalue weighted by molar-refractivity contribution is 5.55. The van der Waals surface area contributed by atoms with Crippen LogP contribution in [0.25, 0.3) is 0 Å². The van der Waals surface area contributed by atoms with Crippen molar-refractivity contribution in [3.05, 3.63) is 47.1 Å². The van der Waals surface area contributed by atoms with Gasteiger partial charge in [-0.2, -0.15) is 0 Å². The molecule has 162 valence electrons. The van der Waals surface area contributed by atoms with Gasteiger partial charge >= 0.3 is 0 Å². The second kappa shape index (κ2) is 11.4. The van der Waals surface area contributed by atoms with E-state index in [1.165, 1.54) is 5.57 Å². The molecule has 5 nitrogen and oxygen atoms in total. The molecule has 0 amide bonds. The summed E-state index contributed by atoms with van der Waals surface area (Å²) in [6.45, 7) is 14.7. The summed E-state index contributed by atoms with van der Waals surface area (Å²) >= 11 is 0. The van der Waals surface area contributed by atoms with Crippen LogP contribution in [0.1, 0.15) is 55.7 Å². The predicted octanol–water partition coefficient (Wildman–Crippen LogP) is 3.92. The summed E-state index contributed by atoms with van der Waals surface area (Å²) in [5.74, 6) is 0.591. The molecule has 1 aliphatic heterocycles. The van der Waals surface area contributed by atoms with Crippen molar-refractivity contribution in [2.75, 3.05) is 39.3 Å². The molecule has 2 aliphatic rings. The van der Waals surface area contributed by atoms with Crippen LogP contribution in [0.3, 0.4) is 0 Å². The average Bonchev–Trinajstić information content (AvgIpc) is 2.67. The molecular formula is C24H38N2O3. The topological polar surface area (TPSA) is 67.2 Å². The molecule has 1 unspecified atom stereocenters.